The zero-order valence-corrected chi connectivity index (χ0v) is 38.6. The number of anilines is 5. The van der Waals surface area contributed by atoms with Crippen molar-refractivity contribution in [1.82, 2.24) is 30.1 Å². The Balaban J connectivity index is 0.706. The number of aromatic nitrogens is 3. The fourth-order valence-electron chi connectivity index (χ4n) is 8.08. The number of benzene rings is 4. The van der Waals surface area contributed by atoms with E-state index in [9.17, 15) is 24.0 Å². The summed E-state index contributed by atoms with van der Waals surface area (Å²) >= 11 is 7.52. The maximum atomic E-state index is 13.2. The fraction of sp³-hybridized carbons (Fsp3) is 0.250. The van der Waals surface area contributed by atoms with Gasteiger partial charge in [-0.1, -0.05) is 41.1 Å². The molecule has 6 aromatic rings. The highest BCUT2D eigenvalue weighted by Gasteiger charge is 2.40. The van der Waals surface area contributed by atoms with Crippen LogP contribution in [-0.2, 0) is 16.1 Å². The molecule has 20 heteroatoms. The van der Waals surface area contributed by atoms with E-state index < -0.39 is 11.9 Å². The van der Waals surface area contributed by atoms with Crippen molar-refractivity contribution >= 4 is 92.0 Å². The number of hydrogen-bond donors (Lipinski definition) is 4. The monoisotopic (exact) mass is 952 g/mol. The molecule has 2 aromatic heterocycles. The average molecular weight is 953 g/mol. The predicted octanol–water partition coefficient (Wildman–Crippen LogP) is 7.83. The topological polar surface area (TPSA) is 216 Å². The molecule has 0 radical (unpaired) electrons. The van der Waals surface area contributed by atoms with Gasteiger partial charge in [0.05, 0.1) is 28.3 Å². The maximum Gasteiger partial charge on any atom is 0.267 e. The van der Waals surface area contributed by atoms with E-state index in [1.165, 1.54) is 22.4 Å². The van der Waals surface area contributed by atoms with Crippen molar-refractivity contribution in [1.29, 1.82) is 0 Å². The van der Waals surface area contributed by atoms with E-state index in [2.05, 4.69) is 51.3 Å². The third kappa shape index (κ3) is 10.5. The Hall–Kier alpha value is -7.61. The minimum atomic E-state index is -0.749. The SMILES string of the molecule is Cc1nc(Nc2ncc(C(=O)Nc3c(C)cccc3Cl)s2)cc(N2CCN(CCOc3ccc(N=Nc4ccc(C(=O)Nc5cccc6c5CN(C5CCC(=O)NC5=O)C6=O)cc4)cc3)CC2)n1. The summed E-state index contributed by atoms with van der Waals surface area (Å²) < 4.78 is 6.05. The van der Waals surface area contributed by atoms with Crippen molar-refractivity contribution in [2.24, 2.45) is 10.2 Å². The number of halogens is 1. The second kappa shape index (κ2) is 20.1. The molecule has 1 unspecified atom stereocenters. The first-order valence-corrected chi connectivity index (χ1v) is 23.1. The molecule has 5 amide bonds. The lowest BCUT2D eigenvalue weighted by Crippen LogP contribution is -2.52. The molecule has 4 N–H and O–H groups in total. The van der Waals surface area contributed by atoms with E-state index in [0.29, 0.717) is 72.7 Å². The number of carbonyl (C=O) groups excluding carboxylic acids is 5. The Labute approximate surface area is 399 Å². The van der Waals surface area contributed by atoms with Gasteiger partial charge in [0, 0.05) is 74.1 Å². The second-order valence-corrected chi connectivity index (χ2v) is 17.7. The normalized spacial score (nSPS) is 16.2. The molecular formula is C48H45ClN12O6S. The van der Waals surface area contributed by atoms with Crippen LogP contribution < -0.4 is 30.9 Å². The van der Waals surface area contributed by atoms with Crippen LogP contribution in [0, 0.1) is 13.8 Å². The number of imide groups is 1. The van der Waals surface area contributed by atoms with Gasteiger partial charge in [-0.25, -0.2) is 15.0 Å². The molecule has 4 aromatic carbocycles. The van der Waals surface area contributed by atoms with Gasteiger partial charge >= 0.3 is 0 Å². The van der Waals surface area contributed by atoms with Crippen molar-refractivity contribution in [3.8, 4) is 5.75 Å². The summed E-state index contributed by atoms with van der Waals surface area (Å²) in [6.45, 7) is 8.37. The molecule has 1 atom stereocenters. The number of amides is 5. The number of piperidine rings is 1. The number of thiazole rings is 1. The first-order chi connectivity index (χ1) is 32.9. The molecule has 346 valence electrons. The van der Waals surface area contributed by atoms with Crippen LogP contribution in [-0.4, -0.2) is 99.7 Å². The Morgan fingerprint density at radius 1 is 0.882 bits per heavy atom. The van der Waals surface area contributed by atoms with Gasteiger partial charge in [-0.3, -0.25) is 34.2 Å². The van der Waals surface area contributed by atoms with Crippen LogP contribution in [0.15, 0.2) is 107 Å². The standard InChI is InChI=1S/C48H45ClN12O6S/c1-28-5-3-7-36(49)43(28)56-46(65)39-26-50-48(68-39)54-40-25-41(52-29(2)51-40)60-21-19-59(20-22-60)23-24-67-33-15-13-32(14-16-33)58-57-31-11-9-30(10-12-31)44(63)53-37-8-4-6-34-35(37)27-61(47(34)66)38-17-18-42(62)55-45(38)64/h3-16,25-26,38H,17-24,27H2,1-2H3,(H,53,63)(H,56,65)(H,55,62,64)(H,50,51,52,54). The first-order valence-electron chi connectivity index (χ1n) is 21.9. The number of azo groups is 1. The number of carbonyl (C=O) groups is 5. The number of nitrogens with zero attached hydrogens (tertiary/aromatic N) is 8. The number of nitrogens with one attached hydrogen (secondary N) is 4. The number of fused-ring (bicyclic) bond motifs is 1. The zero-order valence-electron chi connectivity index (χ0n) is 37.0. The maximum absolute atomic E-state index is 13.2. The summed E-state index contributed by atoms with van der Waals surface area (Å²) in [5.74, 6) is 0.916. The van der Waals surface area contributed by atoms with Crippen LogP contribution in [0.1, 0.15) is 60.2 Å². The molecule has 18 nitrogen and oxygen atoms in total. The molecule has 0 bridgehead atoms. The molecule has 5 heterocycles. The van der Waals surface area contributed by atoms with Crippen LogP contribution in [0.2, 0.25) is 5.02 Å². The van der Waals surface area contributed by atoms with Crippen LogP contribution in [0.3, 0.4) is 0 Å². The van der Waals surface area contributed by atoms with Crippen LogP contribution in [0.5, 0.6) is 5.75 Å². The minimum absolute atomic E-state index is 0.144. The first kappa shape index (κ1) is 45.5. The number of ether oxygens (including phenoxy) is 1. The van der Waals surface area contributed by atoms with Gasteiger partial charge in [0.15, 0.2) is 5.13 Å². The number of hydrogen-bond acceptors (Lipinski definition) is 15. The number of para-hydroxylation sites is 1. The number of aryl methyl sites for hydroxylation is 2. The summed E-state index contributed by atoms with van der Waals surface area (Å²) in [6, 6.07) is 25.7. The molecular weight excluding hydrogens is 908 g/mol. The molecule has 0 spiro atoms. The van der Waals surface area contributed by atoms with Crippen molar-refractivity contribution in [2.45, 2.75) is 39.3 Å². The van der Waals surface area contributed by atoms with E-state index in [-0.39, 0.29) is 43.0 Å². The summed E-state index contributed by atoms with van der Waals surface area (Å²) in [5, 5.41) is 21.0. The highest BCUT2D eigenvalue weighted by atomic mass is 35.5. The van der Waals surface area contributed by atoms with Crippen LogP contribution in [0.4, 0.5) is 39.5 Å². The van der Waals surface area contributed by atoms with Gasteiger partial charge in [-0.2, -0.15) is 10.2 Å². The van der Waals surface area contributed by atoms with Crippen LogP contribution in [0.25, 0.3) is 0 Å². The molecule has 0 saturated carbocycles. The van der Waals surface area contributed by atoms with Crippen molar-refractivity contribution in [3.05, 3.63) is 135 Å². The largest absolute Gasteiger partial charge is 0.492 e. The lowest BCUT2D eigenvalue weighted by molar-refractivity contribution is -0.136. The molecule has 9 rings (SSSR count). The molecule has 0 aliphatic carbocycles. The smallest absolute Gasteiger partial charge is 0.267 e. The van der Waals surface area contributed by atoms with Crippen molar-refractivity contribution in [2.75, 3.05) is 60.2 Å². The second-order valence-electron chi connectivity index (χ2n) is 16.3. The van der Waals surface area contributed by atoms with E-state index in [1.54, 1.807) is 48.5 Å². The predicted molar refractivity (Wildman–Crippen MR) is 258 cm³/mol. The van der Waals surface area contributed by atoms with E-state index in [0.717, 1.165) is 49.9 Å². The van der Waals surface area contributed by atoms with Gasteiger partial charge in [0.25, 0.3) is 17.7 Å². The highest BCUT2D eigenvalue weighted by molar-refractivity contribution is 7.17. The summed E-state index contributed by atoms with van der Waals surface area (Å²) in [5.41, 5.74) is 4.52. The average Bonchev–Trinajstić information content (AvgIpc) is 3.94. The Morgan fingerprint density at radius 3 is 2.35 bits per heavy atom. The van der Waals surface area contributed by atoms with E-state index in [1.807, 2.05) is 56.3 Å². The summed E-state index contributed by atoms with van der Waals surface area (Å²) in [6.07, 6.45) is 1.94. The van der Waals surface area contributed by atoms with Gasteiger partial charge in [-0.05, 0) is 92.6 Å². The molecule has 68 heavy (non-hydrogen) atoms. The van der Waals surface area contributed by atoms with Crippen molar-refractivity contribution in [3.63, 3.8) is 0 Å². The van der Waals surface area contributed by atoms with Gasteiger partial charge in [0.1, 0.15) is 40.7 Å². The Kier molecular flexibility index (Phi) is 13.5. The third-order valence-electron chi connectivity index (χ3n) is 11.7. The van der Waals surface area contributed by atoms with E-state index in [4.69, 9.17) is 21.3 Å². The Bertz CT molecular complexity index is 2920. The molecule has 3 aliphatic rings. The van der Waals surface area contributed by atoms with Gasteiger partial charge in [-0.15, -0.1) is 0 Å². The summed E-state index contributed by atoms with van der Waals surface area (Å²) in [4.78, 5) is 83.6. The quantitative estimate of drug-likeness (QED) is 0.0607. The zero-order chi connectivity index (χ0) is 47.3. The van der Waals surface area contributed by atoms with E-state index >= 15 is 0 Å². The number of rotatable bonds is 14. The fourth-order valence-corrected chi connectivity index (χ4v) is 9.07. The molecule has 2 saturated heterocycles. The third-order valence-corrected chi connectivity index (χ3v) is 12.9. The Morgan fingerprint density at radius 2 is 1.62 bits per heavy atom. The highest BCUT2D eigenvalue weighted by Crippen LogP contribution is 2.33. The molecule has 3 aliphatic heterocycles. The number of piperazine rings is 1. The summed E-state index contributed by atoms with van der Waals surface area (Å²) in [7, 11) is 0. The minimum Gasteiger partial charge on any atom is -0.492 e. The van der Waals surface area contributed by atoms with Gasteiger partial charge in [0.2, 0.25) is 11.8 Å². The molecule has 2 fully saturated rings. The lowest BCUT2D eigenvalue weighted by atomic mass is 10.0. The van der Waals surface area contributed by atoms with Gasteiger partial charge < -0.3 is 30.5 Å². The van der Waals surface area contributed by atoms with Crippen molar-refractivity contribution < 1.29 is 28.7 Å². The lowest BCUT2D eigenvalue weighted by Gasteiger charge is -2.35. The van der Waals surface area contributed by atoms with Crippen LogP contribution >= 0.6 is 22.9 Å².